The zero-order valence-electron chi connectivity index (χ0n) is 11.1. The molecule has 0 saturated carbocycles. The average molecular weight is 393 g/mol. The van der Waals surface area contributed by atoms with E-state index in [0.717, 1.165) is 0 Å². The normalized spacial score (nSPS) is 14.5. The highest BCUT2D eigenvalue weighted by molar-refractivity contribution is 8.79. The standard InChI is InChI=1S/C16H8S6/c1-3-7-11-9(5-1)13-15(17-11)21-22-16-14(20-19-13)10-6-2-4-8-12(10)18-16/h1-8H. The van der Waals surface area contributed by atoms with Crippen LogP contribution in [0.1, 0.15) is 0 Å². The molecule has 6 heteroatoms. The molecule has 1 aliphatic rings. The van der Waals surface area contributed by atoms with E-state index in [1.54, 1.807) is 0 Å². The van der Waals surface area contributed by atoms with E-state index in [0.29, 0.717) is 0 Å². The Hall–Kier alpha value is -0.240. The second-order valence-electron chi connectivity index (χ2n) is 4.76. The third-order valence-electron chi connectivity index (χ3n) is 3.44. The van der Waals surface area contributed by atoms with E-state index in [9.17, 15) is 0 Å². The molecule has 2 aromatic heterocycles. The van der Waals surface area contributed by atoms with Gasteiger partial charge in [0.1, 0.15) is 0 Å². The highest BCUT2D eigenvalue weighted by Crippen LogP contribution is 2.60. The average Bonchev–Trinajstić information content (AvgIpc) is 3.06. The van der Waals surface area contributed by atoms with Gasteiger partial charge in [0.2, 0.25) is 0 Å². The summed E-state index contributed by atoms with van der Waals surface area (Å²) in [5.74, 6) is 0. The van der Waals surface area contributed by atoms with Gasteiger partial charge >= 0.3 is 0 Å². The van der Waals surface area contributed by atoms with Crippen molar-refractivity contribution in [3.05, 3.63) is 48.5 Å². The fourth-order valence-corrected chi connectivity index (χ4v) is 12.1. The number of rotatable bonds is 0. The van der Waals surface area contributed by atoms with Crippen molar-refractivity contribution >= 4 is 86.0 Å². The molecule has 0 bridgehead atoms. The van der Waals surface area contributed by atoms with Gasteiger partial charge in [-0.1, -0.05) is 36.4 Å². The minimum absolute atomic E-state index is 1.39. The van der Waals surface area contributed by atoms with E-state index in [2.05, 4.69) is 48.5 Å². The molecule has 1 aliphatic heterocycles. The Morgan fingerprint density at radius 2 is 0.955 bits per heavy atom. The van der Waals surface area contributed by atoms with Gasteiger partial charge in [-0.15, -0.1) is 22.7 Å². The molecule has 0 radical (unpaired) electrons. The maximum Gasteiger partial charge on any atom is 0.0867 e. The van der Waals surface area contributed by atoms with Crippen molar-refractivity contribution in [3.8, 4) is 0 Å². The van der Waals surface area contributed by atoms with Gasteiger partial charge in [-0.05, 0) is 55.3 Å². The minimum atomic E-state index is 1.39. The van der Waals surface area contributed by atoms with Gasteiger partial charge in [0, 0.05) is 20.2 Å². The second kappa shape index (κ2) is 5.69. The SMILES string of the molecule is c1ccc2c3c(sc2c1)SSc1sc2ccccc2c1SS3. The summed E-state index contributed by atoms with van der Waals surface area (Å²) in [6.07, 6.45) is 0. The quantitative estimate of drug-likeness (QED) is 0.278. The first-order valence-corrected chi connectivity index (χ1v) is 12.6. The molecular weight excluding hydrogens is 385 g/mol. The number of hydrogen-bond acceptors (Lipinski definition) is 6. The predicted molar refractivity (Wildman–Crippen MR) is 107 cm³/mol. The van der Waals surface area contributed by atoms with Gasteiger partial charge in [-0.3, -0.25) is 0 Å². The summed E-state index contributed by atoms with van der Waals surface area (Å²) in [5, 5.41) is 2.80. The van der Waals surface area contributed by atoms with Crippen molar-refractivity contribution < 1.29 is 0 Å². The molecule has 0 atom stereocenters. The third kappa shape index (κ3) is 2.24. The highest BCUT2D eigenvalue weighted by Gasteiger charge is 2.22. The molecule has 0 spiro atoms. The fraction of sp³-hybridized carbons (Fsp3) is 0. The smallest absolute Gasteiger partial charge is 0.0867 e. The van der Waals surface area contributed by atoms with Crippen LogP contribution in [0.3, 0.4) is 0 Å². The molecule has 0 amide bonds. The van der Waals surface area contributed by atoms with E-state index >= 15 is 0 Å². The molecule has 22 heavy (non-hydrogen) atoms. The van der Waals surface area contributed by atoms with E-state index in [1.807, 2.05) is 65.8 Å². The van der Waals surface area contributed by atoms with Crippen LogP contribution in [0.15, 0.2) is 66.7 Å². The van der Waals surface area contributed by atoms with E-state index in [1.165, 1.54) is 38.4 Å². The molecule has 0 nitrogen and oxygen atoms in total. The topological polar surface area (TPSA) is 0 Å². The third-order valence-corrected chi connectivity index (χ3v) is 12.1. The van der Waals surface area contributed by atoms with Gasteiger partial charge in [0.05, 0.1) is 18.2 Å². The maximum atomic E-state index is 2.25. The summed E-state index contributed by atoms with van der Waals surface area (Å²) >= 11 is 3.83. The van der Waals surface area contributed by atoms with Gasteiger partial charge in [-0.25, -0.2) is 0 Å². The zero-order valence-corrected chi connectivity index (χ0v) is 16.0. The molecule has 3 heterocycles. The van der Waals surface area contributed by atoms with Crippen LogP contribution in [0.4, 0.5) is 0 Å². The molecule has 2 aromatic carbocycles. The summed E-state index contributed by atoms with van der Waals surface area (Å²) in [4.78, 5) is 2.87. The largest absolute Gasteiger partial charge is 0.127 e. The number of fused-ring (bicyclic) bond motifs is 6. The van der Waals surface area contributed by atoms with Crippen LogP contribution in [0.25, 0.3) is 20.2 Å². The number of thiophene rings is 2. The number of benzene rings is 2. The Morgan fingerprint density at radius 3 is 1.45 bits per heavy atom. The van der Waals surface area contributed by atoms with Gasteiger partial charge in [0.25, 0.3) is 0 Å². The summed E-state index contributed by atoms with van der Waals surface area (Å²) in [6.45, 7) is 0. The Bertz CT molecular complexity index is 914. The van der Waals surface area contributed by atoms with E-state index in [4.69, 9.17) is 0 Å². The molecule has 108 valence electrons. The van der Waals surface area contributed by atoms with Crippen LogP contribution in [0.2, 0.25) is 0 Å². The van der Waals surface area contributed by atoms with Crippen molar-refractivity contribution in [1.82, 2.24) is 0 Å². The van der Waals surface area contributed by atoms with Crippen LogP contribution < -0.4 is 0 Å². The van der Waals surface area contributed by atoms with Gasteiger partial charge in [-0.2, -0.15) is 0 Å². The molecule has 5 rings (SSSR count). The van der Waals surface area contributed by atoms with Crippen molar-refractivity contribution in [3.63, 3.8) is 0 Å². The summed E-state index contributed by atoms with van der Waals surface area (Å²) in [7, 11) is 7.68. The molecule has 4 aromatic rings. The highest BCUT2D eigenvalue weighted by atomic mass is 33.1. The Labute approximate surface area is 151 Å². The number of hydrogen-bond donors (Lipinski definition) is 0. The van der Waals surface area contributed by atoms with Crippen molar-refractivity contribution in [2.24, 2.45) is 0 Å². The second-order valence-corrected chi connectivity index (χ2v) is 11.7. The molecule has 0 saturated heterocycles. The lowest BCUT2D eigenvalue weighted by atomic mass is 10.3. The summed E-state index contributed by atoms with van der Waals surface area (Å²) in [6, 6.07) is 17.5. The van der Waals surface area contributed by atoms with Crippen molar-refractivity contribution in [2.75, 3.05) is 0 Å². The van der Waals surface area contributed by atoms with E-state index < -0.39 is 0 Å². The molecule has 0 aliphatic carbocycles. The van der Waals surface area contributed by atoms with Crippen LogP contribution >= 0.6 is 65.8 Å². The minimum Gasteiger partial charge on any atom is -0.127 e. The van der Waals surface area contributed by atoms with Crippen molar-refractivity contribution in [1.29, 1.82) is 0 Å². The first kappa shape index (κ1) is 14.1. The van der Waals surface area contributed by atoms with Gasteiger partial charge in [0.15, 0.2) is 0 Å². The Kier molecular flexibility index (Phi) is 3.65. The maximum absolute atomic E-state index is 2.25. The summed E-state index contributed by atoms with van der Waals surface area (Å²) < 4.78 is 5.66. The lowest BCUT2D eigenvalue weighted by Crippen LogP contribution is -1.74. The van der Waals surface area contributed by atoms with E-state index in [-0.39, 0.29) is 0 Å². The monoisotopic (exact) mass is 392 g/mol. The summed E-state index contributed by atoms with van der Waals surface area (Å²) in [5.41, 5.74) is 0. The van der Waals surface area contributed by atoms with Gasteiger partial charge < -0.3 is 0 Å². The molecular formula is C16H8S6. The Balaban J connectivity index is 1.66. The van der Waals surface area contributed by atoms with Crippen LogP contribution in [0, 0.1) is 0 Å². The molecule has 0 fully saturated rings. The Morgan fingerprint density at radius 1 is 0.500 bits per heavy atom. The van der Waals surface area contributed by atoms with Crippen molar-refractivity contribution in [2.45, 2.75) is 18.2 Å². The zero-order chi connectivity index (χ0) is 14.5. The van der Waals surface area contributed by atoms with Crippen LogP contribution in [0.5, 0.6) is 0 Å². The van der Waals surface area contributed by atoms with Crippen LogP contribution in [-0.2, 0) is 0 Å². The molecule has 0 N–H and O–H groups in total. The lowest BCUT2D eigenvalue weighted by Gasteiger charge is -2.08. The first-order chi connectivity index (χ1) is 10.9. The lowest BCUT2D eigenvalue weighted by molar-refractivity contribution is 1.45. The first-order valence-electron chi connectivity index (χ1n) is 6.62. The fourth-order valence-electron chi connectivity index (χ4n) is 2.43. The predicted octanol–water partition coefficient (Wildman–Crippen LogP) is 8.03. The molecule has 0 unspecified atom stereocenters. The van der Waals surface area contributed by atoms with Crippen LogP contribution in [-0.4, -0.2) is 0 Å².